The van der Waals surface area contributed by atoms with E-state index in [-0.39, 0.29) is 23.8 Å². The summed E-state index contributed by atoms with van der Waals surface area (Å²) in [4.78, 5) is 31.5. The van der Waals surface area contributed by atoms with Gasteiger partial charge in [-0.1, -0.05) is 20.8 Å². The van der Waals surface area contributed by atoms with Gasteiger partial charge in [0.25, 0.3) is 0 Å². The first-order valence-electron chi connectivity index (χ1n) is 7.36. The Morgan fingerprint density at radius 3 is 2.57 bits per heavy atom. The summed E-state index contributed by atoms with van der Waals surface area (Å²) in [6, 6.07) is -0.641. The zero-order valence-electron chi connectivity index (χ0n) is 13.2. The molecule has 0 aromatic carbocycles. The minimum absolute atomic E-state index is 0.0222. The summed E-state index contributed by atoms with van der Waals surface area (Å²) in [6.07, 6.45) is 2.30. The molecule has 1 aliphatic rings. The molecule has 2 heterocycles. The molecule has 21 heavy (non-hydrogen) atoms. The fourth-order valence-electron chi connectivity index (χ4n) is 2.78. The van der Waals surface area contributed by atoms with E-state index in [0.29, 0.717) is 6.42 Å². The van der Waals surface area contributed by atoms with Gasteiger partial charge < -0.3 is 10.2 Å². The fourth-order valence-corrected chi connectivity index (χ4v) is 3.47. The summed E-state index contributed by atoms with van der Waals surface area (Å²) in [7, 11) is 0. The highest BCUT2D eigenvalue weighted by Gasteiger charge is 2.50. The Balaban J connectivity index is 2.44. The summed E-state index contributed by atoms with van der Waals surface area (Å²) in [5.41, 5.74) is -0.825. The van der Waals surface area contributed by atoms with E-state index < -0.39 is 11.6 Å². The van der Waals surface area contributed by atoms with E-state index >= 15 is 0 Å². The maximum absolute atomic E-state index is 13.0. The molecule has 0 bridgehead atoms. The zero-order chi connectivity index (χ0) is 15.8. The van der Waals surface area contributed by atoms with Crippen LogP contribution in [0.15, 0.2) is 11.6 Å². The molecule has 0 radical (unpaired) electrons. The third kappa shape index (κ3) is 2.69. The molecule has 1 aromatic heterocycles. The summed E-state index contributed by atoms with van der Waals surface area (Å²) in [5, 5.41) is 5.66. The van der Waals surface area contributed by atoms with Crippen molar-refractivity contribution in [3.63, 3.8) is 0 Å². The topological polar surface area (TPSA) is 62.3 Å². The molecule has 3 unspecified atom stereocenters. The van der Waals surface area contributed by atoms with Crippen molar-refractivity contribution in [2.75, 3.05) is 0 Å². The molecule has 1 aromatic rings. The molecule has 2 rings (SSSR count). The molecular weight excluding hydrogens is 286 g/mol. The second-order valence-corrected chi connectivity index (χ2v) is 7.05. The van der Waals surface area contributed by atoms with Crippen LogP contribution in [0.1, 0.15) is 52.1 Å². The van der Waals surface area contributed by atoms with Crippen LogP contribution in [0.3, 0.4) is 0 Å². The molecule has 0 saturated carbocycles. The van der Waals surface area contributed by atoms with Crippen molar-refractivity contribution in [3.8, 4) is 0 Å². The van der Waals surface area contributed by atoms with Crippen molar-refractivity contribution in [3.05, 3.63) is 16.6 Å². The molecule has 116 valence electrons. The first kappa shape index (κ1) is 15.9. The van der Waals surface area contributed by atoms with Crippen LogP contribution in [0.4, 0.5) is 0 Å². The number of carbonyl (C=O) groups excluding carboxylic acids is 2. The Bertz CT molecular complexity index is 529. The van der Waals surface area contributed by atoms with Crippen LogP contribution in [0.5, 0.6) is 0 Å². The minimum atomic E-state index is -0.825. The molecular formula is C15H23N3O2S. The van der Waals surface area contributed by atoms with Gasteiger partial charge in [0, 0.05) is 11.6 Å². The SMILES string of the molecule is CCC1(C)NC(=O)C(C(C)C)N(C(C)c2nccs2)C1=O. The van der Waals surface area contributed by atoms with E-state index in [2.05, 4.69) is 10.3 Å². The maximum atomic E-state index is 13.0. The monoisotopic (exact) mass is 309 g/mol. The zero-order valence-corrected chi connectivity index (χ0v) is 14.0. The van der Waals surface area contributed by atoms with Crippen LogP contribution in [-0.2, 0) is 9.59 Å². The molecule has 0 spiro atoms. The van der Waals surface area contributed by atoms with Crippen molar-refractivity contribution < 1.29 is 9.59 Å². The van der Waals surface area contributed by atoms with E-state index in [1.54, 1.807) is 18.0 Å². The number of aromatic nitrogens is 1. The minimum Gasteiger partial charge on any atom is -0.340 e. The molecule has 2 amide bonds. The third-order valence-corrected chi connectivity index (χ3v) is 5.18. The quantitative estimate of drug-likeness (QED) is 0.928. The maximum Gasteiger partial charge on any atom is 0.249 e. The first-order valence-corrected chi connectivity index (χ1v) is 8.24. The number of carbonyl (C=O) groups is 2. The van der Waals surface area contributed by atoms with Crippen LogP contribution >= 0.6 is 11.3 Å². The Morgan fingerprint density at radius 2 is 2.10 bits per heavy atom. The second kappa shape index (κ2) is 5.75. The number of amides is 2. The van der Waals surface area contributed by atoms with Crippen molar-refractivity contribution in [1.82, 2.24) is 15.2 Å². The Hall–Kier alpha value is -1.43. The standard InChI is InChI=1S/C15H23N3O2S/c1-6-15(5)14(20)18(10(4)13-16-7-8-21-13)11(9(2)3)12(19)17-15/h7-11H,6H2,1-5H3,(H,17,19). The predicted molar refractivity (Wildman–Crippen MR) is 82.8 cm³/mol. The normalized spacial score (nSPS) is 27.9. The number of nitrogens with zero attached hydrogens (tertiary/aromatic N) is 2. The average molecular weight is 309 g/mol. The number of hydrogen-bond donors (Lipinski definition) is 1. The third-order valence-electron chi connectivity index (χ3n) is 4.24. The van der Waals surface area contributed by atoms with Gasteiger partial charge in [0.15, 0.2) is 0 Å². The van der Waals surface area contributed by atoms with Crippen molar-refractivity contribution in [1.29, 1.82) is 0 Å². The van der Waals surface area contributed by atoms with E-state index in [0.717, 1.165) is 5.01 Å². The fraction of sp³-hybridized carbons (Fsp3) is 0.667. The lowest BCUT2D eigenvalue weighted by molar-refractivity contribution is -0.159. The van der Waals surface area contributed by atoms with Gasteiger partial charge in [-0.15, -0.1) is 11.3 Å². The number of hydrogen-bond acceptors (Lipinski definition) is 4. The molecule has 1 aliphatic heterocycles. The number of thiazole rings is 1. The van der Waals surface area contributed by atoms with Gasteiger partial charge in [-0.3, -0.25) is 9.59 Å². The summed E-state index contributed by atoms with van der Waals surface area (Å²) >= 11 is 1.51. The van der Waals surface area contributed by atoms with E-state index in [4.69, 9.17) is 0 Å². The molecule has 1 saturated heterocycles. The highest BCUT2D eigenvalue weighted by molar-refractivity contribution is 7.09. The lowest BCUT2D eigenvalue weighted by Crippen LogP contribution is -2.70. The second-order valence-electron chi connectivity index (χ2n) is 6.12. The first-order chi connectivity index (χ1) is 9.81. The van der Waals surface area contributed by atoms with Gasteiger partial charge in [-0.05, 0) is 26.2 Å². The van der Waals surface area contributed by atoms with E-state index in [9.17, 15) is 9.59 Å². The number of rotatable bonds is 4. The van der Waals surface area contributed by atoms with Gasteiger partial charge in [-0.2, -0.15) is 0 Å². The smallest absolute Gasteiger partial charge is 0.249 e. The highest BCUT2D eigenvalue weighted by atomic mass is 32.1. The molecule has 6 heteroatoms. The highest BCUT2D eigenvalue weighted by Crippen LogP contribution is 2.33. The predicted octanol–water partition coefficient (Wildman–Crippen LogP) is 2.36. The summed E-state index contributed by atoms with van der Waals surface area (Å²) in [6.45, 7) is 9.59. The van der Waals surface area contributed by atoms with Gasteiger partial charge >= 0.3 is 0 Å². The summed E-state index contributed by atoms with van der Waals surface area (Å²) in [5.74, 6) is -0.0406. The summed E-state index contributed by atoms with van der Waals surface area (Å²) < 4.78 is 0. The van der Waals surface area contributed by atoms with Crippen molar-refractivity contribution in [2.45, 2.75) is 58.7 Å². The van der Waals surface area contributed by atoms with Crippen LogP contribution in [0, 0.1) is 5.92 Å². The Kier molecular flexibility index (Phi) is 4.37. The molecule has 5 nitrogen and oxygen atoms in total. The lowest BCUT2D eigenvalue weighted by Gasteiger charge is -2.47. The number of nitrogens with one attached hydrogen (secondary N) is 1. The van der Waals surface area contributed by atoms with Crippen LogP contribution in [0.2, 0.25) is 0 Å². The van der Waals surface area contributed by atoms with Crippen molar-refractivity contribution in [2.24, 2.45) is 5.92 Å². The molecule has 0 aliphatic carbocycles. The lowest BCUT2D eigenvalue weighted by atomic mass is 9.87. The van der Waals surface area contributed by atoms with Crippen LogP contribution < -0.4 is 5.32 Å². The van der Waals surface area contributed by atoms with Crippen LogP contribution in [0.25, 0.3) is 0 Å². The molecule has 1 fully saturated rings. The van der Waals surface area contributed by atoms with Gasteiger partial charge in [0.2, 0.25) is 11.8 Å². The number of piperazine rings is 1. The molecule has 1 N–H and O–H groups in total. The van der Waals surface area contributed by atoms with Crippen LogP contribution in [-0.4, -0.2) is 33.3 Å². The van der Waals surface area contributed by atoms with Gasteiger partial charge in [0.05, 0.1) is 6.04 Å². The van der Waals surface area contributed by atoms with Crippen molar-refractivity contribution >= 4 is 23.2 Å². The average Bonchev–Trinajstić information content (AvgIpc) is 2.95. The largest absolute Gasteiger partial charge is 0.340 e. The van der Waals surface area contributed by atoms with Gasteiger partial charge in [0.1, 0.15) is 16.6 Å². The Labute approximate surface area is 129 Å². The van der Waals surface area contributed by atoms with E-state index in [1.807, 2.05) is 33.1 Å². The molecule has 3 atom stereocenters. The Morgan fingerprint density at radius 1 is 1.43 bits per heavy atom. The van der Waals surface area contributed by atoms with E-state index in [1.165, 1.54) is 11.3 Å². The van der Waals surface area contributed by atoms with Gasteiger partial charge in [-0.25, -0.2) is 4.98 Å².